The van der Waals surface area contributed by atoms with Gasteiger partial charge in [-0.2, -0.15) is 5.10 Å². The molecule has 0 saturated heterocycles. The van der Waals surface area contributed by atoms with Crippen molar-refractivity contribution in [1.29, 1.82) is 0 Å². The highest BCUT2D eigenvalue weighted by Crippen LogP contribution is 2.30. The average molecular weight is 370 g/mol. The van der Waals surface area contributed by atoms with Gasteiger partial charge in [0.2, 0.25) is 11.0 Å². The van der Waals surface area contributed by atoms with Crippen molar-refractivity contribution >= 4 is 17.5 Å². The zero-order valence-corrected chi connectivity index (χ0v) is 15.0. The van der Waals surface area contributed by atoms with Gasteiger partial charge >= 0.3 is 0 Å². The Balaban J connectivity index is 1.47. The van der Waals surface area contributed by atoms with Gasteiger partial charge in [-0.25, -0.2) is 4.68 Å². The van der Waals surface area contributed by atoms with Gasteiger partial charge in [0, 0.05) is 16.8 Å². The van der Waals surface area contributed by atoms with Crippen LogP contribution in [0, 0.1) is 0 Å². The minimum atomic E-state index is -0.0112. The Morgan fingerprint density at radius 1 is 1.31 bits per heavy atom. The lowest BCUT2D eigenvalue weighted by Gasteiger charge is -2.04. The number of aromatic nitrogens is 5. The Kier molecular flexibility index (Phi) is 4.37. The molecule has 0 saturated carbocycles. The van der Waals surface area contributed by atoms with Crippen LogP contribution in [0.1, 0.15) is 28.0 Å². The number of nitrogens with two attached hydrogens (primary N) is 1. The molecule has 0 bridgehead atoms. The molecule has 9 heteroatoms. The van der Waals surface area contributed by atoms with Crippen molar-refractivity contribution in [2.75, 3.05) is 18.7 Å². The van der Waals surface area contributed by atoms with Gasteiger partial charge in [0.25, 0.3) is 0 Å². The molecule has 3 aromatic rings. The highest BCUT2D eigenvalue weighted by molar-refractivity contribution is 7.99. The van der Waals surface area contributed by atoms with Crippen LogP contribution in [0.5, 0.6) is 5.75 Å². The number of rotatable bonds is 6. The molecule has 26 heavy (non-hydrogen) atoms. The quantitative estimate of drug-likeness (QED) is 0.387. The summed E-state index contributed by atoms with van der Waals surface area (Å²) in [5.74, 6) is 7.58. The van der Waals surface area contributed by atoms with Crippen molar-refractivity contribution in [3.05, 3.63) is 41.1 Å². The molecule has 0 unspecified atom stereocenters. The Morgan fingerprint density at radius 2 is 2.12 bits per heavy atom. The molecule has 3 N–H and O–H groups in total. The van der Waals surface area contributed by atoms with Gasteiger partial charge in [-0.3, -0.25) is 9.89 Å². The predicted octanol–water partition coefficient (Wildman–Crippen LogP) is 1.85. The zero-order valence-electron chi connectivity index (χ0n) is 14.2. The van der Waals surface area contributed by atoms with Crippen LogP contribution < -0.4 is 10.6 Å². The third-order valence-electron chi connectivity index (χ3n) is 4.43. The zero-order chi connectivity index (χ0) is 18.1. The molecule has 1 aromatic carbocycles. The second kappa shape index (κ2) is 6.83. The molecule has 1 aliphatic rings. The van der Waals surface area contributed by atoms with E-state index in [9.17, 15) is 4.79 Å². The van der Waals surface area contributed by atoms with Gasteiger partial charge in [-0.1, -0.05) is 11.8 Å². The summed E-state index contributed by atoms with van der Waals surface area (Å²) in [5, 5.41) is 16.1. The summed E-state index contributed by atoms with van der Waals surface area (Å²) < 4.78 is 6.50. The van der Waals surface area contributed by atoms with Gasteiger partial charge in [0.15, 0.2) is 5.78 Å². The van der Waals surface area contributed by atoms with E-state index >= 15 is 0 Å². The van der Waals surface area contributed by atoms with E-state index in [0.29, 0.717) is 22.3 Å². The second-order valence-electron chi connectivity index (χ2n) is 6.00. The molecule has 0 aliphatic heterocycles. The number of thioether (sulfide) groups is 1. The first kappa shape index (κ1) is 16.6. The van der Waals surface area contributed by atoms with Crippen molar-refractivity contribution in [3.8, 4) is 17.3 Å². The maximum absolute atomic E-state index is 12.3. The van der Waals surface area contributed by atoms with Crippen LogP contribution in [0.3, 0.4) is 0 Å². The SMILES string of the molecule is COc1ccc(C(=O)CSc2nnc(-c3n[nH]c4c3CCC4)n2N)cc1. The van der Waals surface area contributed by atoms with Gasteiger partial charge in [0.05, 0.1) is 12.9 Å². The van der Waals surface area contributed by atoms with Crippen LogP contribution in [0.25, 0.3) is 11.5 Å². The van der Waals surface area contributed by atoms with E-state index in [0.717, 1.165) is 36.2 Å². The second-order valence-corrected chi connectivity index (χ2v) is 6.94. The largest absolute Gasteiger partial charge is 0.497 e. The number of hydrogen-bond donors (Lipinski definition) is 2. The number of methoxy groups -OCH3 is 1. The molecule has 1 aliphatic carbocycles. The normalized spacial score (nSPS) is 13.0. The number of carbonyl (C=O) groups excluding carboxylic acids is 1. The smallest absolute Gasteiger partial charge is 0.210 e. The Morgan fingerprint density at radius 3 is 2.88 bits per heavy atom. The molecular weight excluding hydrogens is 352 g/mol. The van der Waals surface area contributed by atoms with E-state index in [1.807, 2.05) is 0 Å². The van der Waals surface area contributed by atoms with Gasteiger partial charge in [-0.05, 0) is 43.5 Å². The molecule has 0 spiro atoms. The predicted molar refractivity (Wildman–Crippen MR) is 97.8 cm³/mol. The third-order valence-corrected chi connectivity index (χ3v) is 5.37. The first-order valence-corrected chi connectivity index (χ1v) is 9.23. The summed E-state index contributed by atoms with van der Waals surface area (Å²) in [6, 6.07) is 7.01. The first-order chi connectivity index (χ1) is 12.7. The fourth-order valence-electron chi connectivity index (χ4n) is 3.03. The number of fused-ring (bicyclic) bond motifs is 1. The number of hydrogen-bond acceptors (Lipinski definition) is 7. The van der Waals surface area contributed by atoms with Gasteiger partial charge in [0.1, 0.15) is 11.4 Å². The summed E-state index contributed by atoms with van der Waals surface area (Å²) in [6.45, 7) is 0. The van der Waals surface area contributed by atoms with E-state index in [-0.39, 0.29) is 11.5 Å². The summed E-state index contributed by atoms with van der Waals surface area (Å²) in [6.07, 6.45) is 3.07. The summed E-state index contributed by atoms with van der Waals surface area (Å²) >= 11 is 1.26. The fraction of sp³-hybridized carbons (Fsp3) is 0.294. The number of Topliss-reactive ketones (excluding diaryl/α,β-unsaturated/α-hetero) is 1. The van der Waals surface area contributed by atoms with Gasteiger partial charge in [-0.15, -0.1) is 10.2 Å². The Labute approximate surface area is 154 Å². The lowest BCUT2D eigenvalue weighted by Crippen LogP contribution is -2.13. The topological polar surface area (TPSA) is 112 Å². The number of benzene rings is 1. The summed E-state index contributed by atoms with van der Waals surface area (Å²) in [7, 11) is 1.59. The number of carbonyl (C=O) groups is 1. The van der Waals surface area contributed by atoms with Crippen molar-refractivity contribution in [2.45, 2.75) is 24.4 Å². The number of ketones is 1. The van der Waals surface area contributed by atoms with Crippen molar-refractivity contribution in [1.82, 2.24) is 25.1 Å². The Hall–Kier alpha value is -2.81. The van der Waals surface area contributed by atoms with E-state index < -0.39 is 0 Å². The molecule has 4 rings (SSSR count). The van der Waals surface area contributed by atoms with E-state index in [2.05, 4.69) is 20.4 Å². The first-order valence-electron chi connectivity index (χ1n) is 8.24. The lowest BCUT2D eigenvalue weighted by atomic mass is 10.1. The number of nitrogen functional groups attached to an aromatic ring is 1. The van der Waals surface area contributed by atoms with E-state index in [4.69, 9.17) is 10.6 Å². The van der Waals surface area contributed by atoms with Crippen LogP contribution in [-0.2, 0) is 12.8 Å². The van der Waals surface area contributed by atoms with Crippen LogP contribution in [0.15, 0.2) is 29.4 Å². The van der Waals surface area contributed by atoms with Crippen molar-refractivity contribution in [3.63, 3.8) is 0 Å². The van der Waals surface area contributed by atoms with Gasteiger partial charge < -0.3 is 10.6 Å². The molecule has 134 valence electrons. The van der Waals surface area contributed by atoms with E-state index in [1.54, 1.807) is 31.4 Å². The molecule has 0 amide bonds. The fourth-order valence-corrected chi connectivity index (χ4v) is 3.78. The lowest BCUT2D eigenvalue weighted by molar-refractivity contribution is 0.102. The molecule has 8 nitrogen and oxygen atoms in total. The van der Waals surface area contributed by atoms with E-state index in [1.165, 1.54) is 16.4 Å². The minimum Gasteiger partial charge on any atom is -0.497 e. The molecular formula is C17H18N6O2S. The third kappa shape index (κ3) is 2.94. The number of aryl methyl sites for hydroxylation is 1. The molecule has 2 heterocycles. The van der Waals surface area contributed by atoms with Crippen LogP contribution in [0.2, 0.25) is 0 Å². The van der Waals surface area contributed by atoms with Crippen molar-refractivity contribution in [2.24, 2.45) is 0 Å². The molecule has 0 atom stereocenters. The highest BCUT2D eigenvalue weighted by atomic mass is 32.2. The molecule has 0 radical (unpaired) electrons. The molecule has 2 aromatic heterocycles. The maximum Gasteiger partial charge on any atom is 0.210 e. The average Bonchev–Trinajstić information content (AvgIpc) is 3.36. The number of aromatic amines is 1. The number of nitrogens with one attached hydrogen (secondary N) is 1. The highest BCUT2D eigenvalue weighted by Gasteiger charge is 2.24. The summed E-state index contributed by atoms with van der Waals surface area (Å²) in [5.41, 5.74) is 3.68. The number of ether oxygens (including phenoxy) is 1. The Bertz CT molecular complexity index is 947. The minimum absolute atomic E-state index is 0.0112. The van der Waals surface area contributed by atoms with Crippen LogP contribution >= 0.6 is 11.8 Å². The number of H-pyrrole nitrogens is 1. The van der Waals surface area contributed by atoms with Crippen molar-refractivity contribution < 1.29 is 9.53 Å². The number of nitrogens with zero attached hydrogens (tertiary/aromatic N) is 4. The van der Waals surface area contributed by atoms with Crippen LogP contribution in [-0.4, -0.2) is 43.7 Å². The standard InChI is InChI=1S/C17H18N6O2S/c1-25-11-7-5-10(6-8-11)14(24)9-26-17-22-21-16(23(17)18)15-12-3-2-4-13(12)19-20-15/h5-8H,2-4,9,18H2,1H3,(H,19,20). The molecule has 0 fully saturated rings. The summed E-state index contributed by atoms with van der Waals surface area (Å²) in [4.78, 5) is 12.3. The maximum atomic E-state index is 12.3. The monoisotopic (exact) mass is 370 g/mol. The van der Waals surface area contributed by atoms with Crippen LogP contribution in [0.4, 0.5) is 0 Å².